The third-order valence-electron chi connectivity index (χ3n) is 1.92. The predicted octanol–water partition coefficient (Wildman–Crippen LogP) is 2.05. The minimum absolute atomic E-state index is 0.0384. The molecule has 1 aromatic heterocycles. The van der Waals surface area contributed by atoms with Gasteiger partial charge in [0.25, 0.3) is 0 Å². The highest BCUT2D eigenvalue weighted by molar-refractivity contribution is 5.80. The van der Waals surface area contributed by atoms with Crippen LogP contribution in [0.4, 0.5) is 4.39 Å². The Hall–Kier alpha value is -1.39. The van der Waals surface area contributed by atoms with Gasteiger partial charge in [0, 0.05) is 10.9 Å². The predicted molar refractivity (Wildman–Crippen MR) is 44.8 cm³/mol. The van der Waals surface area contributed by atoms with Crippen molar-refractivity contribution in [3.05, 3.63) is 35.8 Å². The van der Waals surface area contributed by atoms with Crippen LogP contribution in [0.5, 0.6) is 0 Å². The van der Waals surface area contributed by atoms with Crippen LogP contribution in [-0.4, -0.2) is 5.21 Å². The Labute approximate surface area is 73.7 Å². The molecule has 1 aromatic carbocycles. The van der Waals surface area contributed by atoms with Gasteiger partial charge in [-0.2, -0.15) is 0 Å². The molecule has 0 unspecified atom stereocenters. The highest BCUT2D eigenvalue weighted by atomic mass is 19.1. The first-order valence-electron chi connectivity index (χ1n) is 3.84. The van der Waals surface area contributed by atoms with Gasteiger partial charge in [-0.15, -0.1) is 0 Å². The van der Waals surface area contributed by atoms with Crippen molar-refractivity contribution >= 4 is 11.0 Å². The van der Waals surface area contributed by atoms with Crippen molar-refractivity contribution in [3.63, 3.8) is 0 Å². The first-order valence-corrected chi connectivity index (χ1v) is 3.84. The molecule has 2 rings (SSSR count). The van der Waals surface area contributed by atoms with E-state index in [1.54, 1.807) is 12.1 Å². The molecule has 0 aliphatic heterocycles. The van der Waals surface area contributed by atoms with Crippen LogP contribution in [0, 0.1) is 5.82 Å². The third kappa shape index (κ3) is 1.30. The van der Waals surface area contributed by atoms with Gasteiger partial charge in [0.05, 0.1) is 12.8 Å². The van der Waals surface area contributed by atoms with Gasteiger partial charge in [0.1, 0.15) is 11.4 Å². The number of benzene rings is 1. The Balaban J connectivity index is 2.66. The lowest BCUT2D eigenvalue weighted by molar-refractivity contribution is 0.160. The van der Waals surface area contributed by atoms with Gasteiger partial charge in [-0.3, -0.25) is 0 Å². The van der Waals surface area contributed by atoms with E-state index in [2.05, 4.69) is 0 Å². The molecule has 0 amide bonds. The van der Waals surface area contributed by atoms with Crippen LogP contribution in [0.2, 0.25) is 0 Å². The Morgan fingerprint density at radius 2 is 2.23 bits per heavy atom. The van der Waals surface area contributed by atoms with Gasteiger partial charge in [-0.1, -0.05) is 0 Å². The summed E-state index contributed by atoms with van der Waals surface area (Å²) in [5, 5.41) is 9.31. The first kappa shape index (κ1) is 8.22. The molecule has 0 fully saturated rings. The lowest BCUT2D eigenvalue weighted by atomic mass is 10.1. The molecule has 0 saturated heterocycles. The summed E-state index contributed by atoms with van der Waals surface area (Å²) in [5.74, 6) is -0.385. The van der Waals surface area contributed by atoms with Crippen LogP contribution in [0.3, 0.4) is 0 Å². The summed E-state index contributed by atoms with van der Waals surface area (Å²) < 4.78 is 18.3. The molecule has 68 valence electrons. The SMILES string of the molecule is ONCc1c(F)ccc2ccoc12. The molecule has 2 aromatic rings. The number of halogens is 1. The van der Waals surface area contributed by atoms with Crippen LogP contribution in [0.25, 0.3) is 11.0 Å². The molecule has 0 aliphatic rings. The van der Waals surface area contributed by atoms with Crippen molar-refractivity contribution in [2.45, 2.75) is 6.54 Å². The molecule has 0 aliphatic carbocycles. The van der Waals surface area contributed by atoms with E-state index in [0.717, 1.165) is 5.39 Å². The quantitative estimate of drug-likeness (QED) is 0.697. The van der Waals surface area contributed by atoms with Gasteiger partial charge >= 0.3 is 0 Å². The summed E-state index contributed by atoms with van der Waals surface area (Å²) in [6, 6.07) is 4.73. The molecule has 0 spiro atoms. The average molecular weight is 181 g/mol. The maximum absolute atomic E-state index is 13.2. The molecular formula is C9H8FNO2. The zero-order valence-electron chi connectivity index (χ0n) is 6.75. The monoisotopic (exact) mass is 181 g/mol. The first-order chi connectivity index (χ1) is 6.33. The molecule has 0 saturated carbocycles. The zero-order valence-corrected chi connectivity index (χ0v) is 6.75. The fourth-order valence-electron chi connectivity index (χ4n) is 1.31. The van der Waals surface area contributed by atoms with Crippen molar-refractivity contribution in [3.8, 4) is 0 Å². The number of furan rings is 1. The smallest absolute Gasteiger partial charge is 0.141 e. The fourth-order valence-corrected chi connectivity index (χ4v) is 1.31. The number of rotatable bonds is 2. The Morgan fingerprint density at radius 3 is 3.00 bits per heavy atom. The lowest BCUT2D eigenvalue weighted by Gasteiger charge is -2.01. The number of hydrogen-bond acceptors (Lipinski definition) is 3. The summed E-state index contributed by atoms with van der Waals surface area (Å²) in [4.78, 5) is 0. The second-order valence-electron chi connectivity index (χ2n) is 2.70. The van der Waals surface area contributed by atoms with Crippen LogP contribution >= 0.6 is 0 Å². The summed E-state index contributed by atoms with van der Waals surface area (Å²) in [6.45, 7) is 0.0384. The summed E-state index contributed by atoms with van der Waals surface area (Å²) in [7, 11) is 0. The van der Waals surface area contributed by atoms with E-state index >= 15 is 0 Å². The summed E-state index contributed by atoms with van der Waals surface area (Å²) in [5.41, 5.74) is 2.72. The van der Waals surface area contributed by atoms with E-state index < -0.39 is 0 Å². The van der Waals surface area contributed by atoms with Gasteiger partial charge in [-0.25, -0.2) is 9.87 Å². The van der Waals surface area contributed by atoms with Crippen LogP contribution in [-0.2, 0) is 6.54 Å². The topological polar surface area (TPSA) is 45.4 Å². The average Bonchev–Trinajstić information content (AvgIpc) is 2.58. The number of hydroxylamine groups is 1. The second kappa shape index (κ2) is 3.16. The van der Waals surface area contributed by atoms with Gasteiger partial charge in [0.2, 0.25) is 0 Å². The van der Waals surface area contributed by atoms with Gasteiger partial charge in [0.15, 0.2) is 0 Å². The molecule has 3 nitrogen and oxygen atoms in total. The molecular weight excluding hydrogens is 173 g/mol. The van der Waals surface area contributed by atoms with Crippen molar-refractivity contribution in [1.82, 2.24) is 5.48 Å². The van der Waals surface area contributed by atoms with Gasteiger partial charge < -0.3 is 9.62 Å². The summed E-state index contributed by atoms with van der Waals surface area (Å²) in [6.07, 6.45) is 1.49. The van der Waals surface area contributed by atoms with E-state index in [1.807, 2.05) is 5.48 Å². The van der Waals surface area contributed by atoms with Crippen molar-refractivity contribution in [2.75, 3.05) is 0 Å². The minimum atomic E-state index is -0.385. The van der Waals surface area contributed by atoms with Crippen LogP contribution < -0.4 is 5.48 Å². The zero-order chi connectivity index (χ0) is 9.26. The third-order valence-corrected chi connectivity index (χ3v) is 1.92. The van der Waals surface area contributed by atoms with E-state index in [1.165, 1.54) is 12.3 Å². The van der Waals surface area contributed by atoms with E-state index in [-0.39, 0.29) is 12.4 Å². The summed E-state index contributed by atoms with van der Waals surface area (Å²) >= 11 is 0. The number of hydrogen-bond donors (Lipinski definition) is 2. The Morgan fingerprint density at radius 1 is 1.38 bits per heavy atom. The molecule has 1 heterocycles. The van der Waals surface area contributed by atoms with Crippen LogP contribution in [0.15, 0.2) is 28.9 Å². The van der Waals surface area contributed by atoms with Gasteiger partial charge in [-0.05, 0) is 18.2 Å². The molecule has 0 atom stereocenters. The van der Waals surface area contributed by atoms with Crippen molar-refractivity contribution in [1.29, 1.82) is 0 Å². The molecule has 4 heteroatoms. The molecule has 2 N–H and O–H groups in total. The van der Waals surface area contributed by atoms with Crippen molar-refractivity contribution in [2.24, 2.45) is 0 Å². The number of nitrogens with one attached hydrogen (secondary N) is 1. The number of fused-ring (bicyclic) bond motifs is 1. The maximum atomic E-state index is 13.2. The molecule has 0 radical (unpaired) electrons. The highest BCUT2D eigenvalue weighted by Gasteiger charge is 2.09. The van der Waals surface area contributed by atoms with E-state index in [9.17, 15) is 4.39 Å². The standard InChI is InChI=1S/C9H8FNO2/c10-8-2-1-6-3-4-13-9(6)7(8)5-11-12/h1-4,11-12H,5H2. The second-order valence-corrected chi connectivity index (χ2v) is 2.70. The van der Waals surface area contributed by atoms with Crippen molar-refractivity contribution < 1.29 is 14.0 Å². The highest BCUT2D eigenvalue weighted by Crippen LogP contribution is 2.22. The van der Waals surface area contributed by atoms with E-state index in [4.69, 9.17) is 9.62 Å². The Bertz CT molecular complexity index is 424. The van der Waals surface area contributed by atoms with Crippen LogP contribution in [0.1, 0.15) is 5.56 Å². The van der Waals surface area contributed by atoms with E-state index in [0.29, 0.717) is 11.1 Å². The molecule has 13 heavy (non-hydrogen) atoms. The Kier molecular flexibility index (Phi) is 2.00. The normalized spacial score (nSPS) is 10.9. The molecule has 0 bridgehead atoms. The largest absolute Gasteiger partial charge is 0.464 e. The maximum Gasteiger partial charge on any atom is 0.141 e. The lowest BCUT2D eigenvalue weighted by Crippen LogP contribution is -2.08. The minimum Gasteiger partial charge on any atom is -0.464 e. The fraction of sp³-hybridized carbons (Fsp3) is 0.111.